The lowest BCUT2D eigenvalue weighted by Gasteiger charge is -2.13. The highest BCUT2D eigenvalue weighted by molar-refractivity contribution is 5.88. The first kappa shape index (κ1) is 19.6. The number of hydrogen-bond donors (Lipinski definition) is 2. The molecule has 0 aliphatic heterocycles. The van der Waals surface area contributed by atoms with Crippen LogP contribution >= 0.6 is 0 Å². The Morgan fingerprint density at radius 2 is 1.77 bits per heavy atom. The van der Waals surface area contributed by atoms with Crippen molar-refractivity contribution >= 4 is 22.5 Å². The van der Waals surface area contributed by atoms with Gasteiger partial charge < -0.3 is 10.4 Å². The molecule has 0 amide bonds. The molecule has 30 heavy (non-hydrogen) atoms. The number of anilines is 2. The minimum absolute atomic E-state index is 0.0273. The highest BCUT2D eigenvalue weighted by atomic mass is 19.4. The fourth-order valence-corrected chi connectivity index (χ4v) is 3.10. The Bertz CT molecular complexity index is 1210. The SMILES string of the molecule is Cc1ccnc(Nc2cc3cccc(O)c3nc2Cc2ccc(C(F)(F)F)cc2)n1. The van der Waals surface area contributed by atoms with Gasteiger partial charge in [-0.05, 0) is 42.8 Å². The van der Waals surface area contributed by atoms with Crippen LogP contribution in [0.5, 0.6) is 5.75 Å². The predicted octanol–water partition coefficient (Wildman–Crippen LogP) is 5.39. The third-order valence-corrected chi connectivity index (χ3v) is 4.60. The summed E-state index contributed by atoms with van der Waals surface area (Å²) in [5.41, 5.74) is 2.30. The van der Waals surface area contributed by atoms with Crippen LogP contribution in [0.25, 0.3) is 10.9 Å². The van der Waals surface area contributed by atoms with Gasteiger partial charge in [-0.25, -0.2) is 15.0 Å². The van der Waals surface area contributed by atoms with Gasteiger partial charge in [0.1, 0.15) is 11.3 Å². The maximum Gasteiger partial charge on any atom is 0.416 e. The molecule has 0 unspecified atom stereocenters. The molecule has 0 saturated heterocycles. The highest BCUT2D eigenvalue weighted by Crippen LogP contribution is 2.31. The van der Waals surface area contributed by atoms with Crippen LogP contribution in [0.1, 0.15) is 22.5 Å². The molecule has 4 aromatic rings. The van der Waals surface area contributed by atoms with Gasteiger partial charge in [0.25, 0.3) is 0 Å². The van der Waals surface area contributed by atoms with E-state index in [0.717, 1.165) is 17.8 Å². The van der Waals surface area contributed by atoms with E-state index in [2.05, 4.69) is 20.3 Å². The van der Waals surface area contributed by atoms with E-state index >= 15 is 0 Å². The topological polar surface area (TPSA) is 70.9 Å². The van der Waals surface area contributed by atoms with Crippen LogP contribution < -0.4 is 5.32 Å². The number of nitrogens with zero attached hydrogens (tertiary/aromatic N) is 3. The van der Waals surface area contributed by atoms with E-state index < -0.39 is 11.7 Å². The quantitative estimate of drug-likeness (QED) is 0.472. The zero-order chi connectivity index (χ0) is 21.3. The van der Waals surface area contributed by atoms with Crippen LogP contribution in [0.15, 0.2) is 60.8 Å². The number of hydrogen-bond acceptors (Lipinski definition) is 5. The van der Waals surface area contributed by atoms with Crippen LogP contribution in [-0.4, -0.2) is 20.1 Å². The second kappa shape index (κ2) is 7.62. The number of nitrogens with one attached hydrogen (secondary N) is 1. The van der Waals surface area contributed by atoms with Gasteiger partial charge in [0, 0.05) is 23.7 Å². The lowest BCUT2D eigenvalue weighted by Crippen LogP contribution is -2.06. The molecule has 0 atom stereocenters. The number of aryl methyl sites for hydroxylation is 1. The summed E-state index contributed by atoms with van der Waals surface area (Å²) in [7, 11) is 0. The Balaban J connectivity index is 1.75. The largest absolute Gasteiger partial charge is 0.506 e. The monoisotopic (exact) mass is 410 g/mol. The number of rotatable bonds is 4. The molecule has 2 aromatic carbocycles. The van der Waals surface area contributed by atoms with Crippen molar-refractivity contribution in [3.8, 4) is 5.75 Å². The molecule has 2 aromatic heterocycles. The van der Waals surface area contributed by atoms with Gasteiger partial charge >= 0.3 is 6.18 Å². The van der Waals surface area contributed by atoms with E-state index in [4.69, 9.17) is 0 Å². The number of aromatic hydroxyl groups is 1. The summed E-state index contributed by atoms with van der Waals surface area (Å²) in [5, 5.41) is 14.0. The number of fused-ring (bicyclic) bond motifs is 1. The van der Waals surface area contributed by atoms with Crippen LogP contribution in [0.2, 0.25) is 0 Å². The van der Waals surface area contributed by atoms with Crippen molar-refractivity contribution in [2.75, 3.05) is 5.32 Å². The van der Waals surface area contributed by atoms with Gasteiger partial charge in [-0.15, -0.1) is 0 Å². The van der Waals surface area contributed by atoms with E-state index in [-0.39, 0.29) is 12.2 Å². The molecular formula is C22H17F3N4O. The van der Waals surface area contributed by atoms with Crippen molar-refractivity contribution in [1.82, 2.24) is 15.0 Å². The fourth-order valence-electron chi connectivity index (χ4n) is 3.10. The molecule has 0 bridgehead atoms. The number of alkyl halides is 3. The maximum atomic E-state index is 12.8. The third kappa shape index (κ3) is 4.17. The molecular weight excluding hydrogens is 393 g/mol. The summed E-state index contributed by atoms with van der Waals surface area (Å²) in [4.78, 5) is 13.1. The molecule has 8 heteroatoms. The summed E-state index contributed by atoms with van der Waals surface area (Å²) >= 11 is 0. The summed E-state index contributed by atoms with van der Waals surface area (Å²) in [6.45, 7) is 1.84. The van der Waals surface area contributed by atoms with Crippen LogP contribution in [0.3, 0.4) is 0 Å². The lowest BCUT2D eigenvalue weighted by atomic mass is 10.0. The Morgan fingerprint density at radius 3 is 2.47 bits per heavy atom. The minimum atomic E-state index is -4.39. The van der Waals surface area contributed by atoms with Gasteiger partial charge in [-0.3, -0.25) is 0 Å². The van der Waals surface area contributed by atoms with Crippen LogP contribution in [0, 0.1) is 6.92 Å². The van der Waals surface area contributed by atoms with Gasteiger partial charge in [0.15, 0.2) is 0 Å². The standard InChI is InChI=1S/C22H17F3N4O/c1-13-9-10-26-21(27-13)29-18-12-15-3-2-4-19(30)20(15)28-17(18)11-14-5-7-16(8-6-14)22(23,24)25/h2-10,12,30H,11H2,1H3,(H,26,27,29). The fraction of sp³-hybridized carbons (Fsp3) is 0.136. The van der Waals surface area contributed by atoms with Gasteiger partial charge in [0.05, 0.1) is 16.9 Å². The van der Waals surface area contributed by atoms with E-state index in [1.54, 1.807) is 18.3 Å². The molecule has 0 spiro atoms. The summed E-state index contributed by atoms with van der Waals surface area (Å²) in [5.74, 6) is 0.407. The third-order valence-electron chi connectivity index (χ3n) is 4.60. The number of phenols is 1. The summed E-state index contributed by atoms with van der Waals surface area (Å²) in [6, 6.07) is 13.6. The van der Waals surface area contributed by atoms with Gasteiger partial charge in [-0.2, -0.15) is 13.2 Å². The van der Waals surface area contributed by atoms with Crippen molar-refractivity contribution in [3.05, 3.63) is 83.3 Å². The number of halogens is 3. The van der Waals surface area contributed by atoms with Gasteiger partial charge in [0.2, 0.25) is 5.95 Å². The average molecular weight is 410 g/mol. The smallest absolute Gasteiger partial charge is 0.416 e. The molecule has 0 aliphatic carbocycles. The predicted molar refractivity (Wildman–Crippen MR) is 108 cm³/mol. The van der Waals surface area contributed by atoms with Crippen LogP contribution in [-0.2, 0) is 12.6 Å². The normalized spacial score (nSPS) is 11.6. The second-order valence-corrected chi connectivity index (χ2v) is 6.85. The summed E-state index contributed by atoms with van der Waals surface area (Å²) in [6.07, 6.45) is -2.50. The van der Waals surface area contributed by atoms with Crippen molar-refractivity contribution in [3.63, 3.8) is 0 Å². The Labute approximate surface area is 170 Å². The molecule has 0 saturated carbocycles. The van der Waals surface area contributed by atoms with Crippen molar-refractivity contribution in [1.29, 1.82) is 0 Å². The first-order valence-electron chi connectivity index (χ1n) is 9.14. The van der Waals surface area contributed by atoms with E-state index in [9.17, 15) is 18.3 Å². The number of benzene rings is 2. The lowest BCUT2D eigenvalue weighted by molar-refractivity contribution is -0.137. The molecule has 4 rings (SSSR count). The van der Waals surface area contributed by atoms with Crippen LogP contribution in [0.4, 0.5) is 24.8 Å². The molecule has 5 nitrogen and oxygen atoms in total. The molecule has 2 N–H and O–H groups in total. The zero-order valence-electron chi connectivity index (χ0n) is 15.9. The minimum Gasteiger partial charge on any atom is -0.506 e. The van der Waals surface area contributed by atoms with E-state index in [1.165, 1.54) is 18.2 Å². The van der Waals surface area contributed by atoms with Gasteiger partial charge in [-0.1, -0.05) is 24.3 Å². The summed E-state index contributed by atoms with van der Waals surface area (Å²) < 4.78 is 38.5. The number of pyridine rings is 1. The first-order chi connectivity index (χ1) is 14.3. The Kier molecular flexibility index (Phi) is 4.99. The second-order valence-electron chi connectivity index (χ2n) is 6.85. The number of phenolic OH excluding ortho intramolecular Hbond substituents is 1. The molecule has 0 fully saturated rings. The van der Waals surface area contributed by atoms with Crippen molar-refractivity contribution < 1.29 is 18.3 Å². The molecule has 152 valence electrons. The zero-order valence-corrected chi connectivity index (χ0v) is 15.9. The highest BCUT2D eigenvalue weighted by Gasteiger charge is 2.30. The first-order valence-corrected chi connectivity index (χ1v) is 9.14. The van der Waals surface area contributed by atoms with Crippen molar-refractivity contribution in [2.24, 2.45) is 0 Å². The Hall–Kier alpha value is -3.68. The molecule has 2 heterocycles. The molecule has 0 aliphatic rings. The number of para-hydroxylation sites is 1. The van der Waals surface area contributed by atoms with E-state index in [0.29, 0.717) is 33.8 Å². The maximum absolute atomic E-state index is 12.8. The number of aromatic nitrogens is 3. The Morgan fingerprint density at radius 1 is 1.00 bits per heavy atom. The van der Waals surface area contributed by atoms with E-state index in [1.807, 2.05) is 19.1 Å². The van der Waals surface area contributed by atoms with Crippen molar-refractivity contribution in [2.45, 2.75) is 19.5 Å². The average Bonchev–Trinajstić information content (AvgIpc) is 2.69. The molecule has 0 radical (unpaired) electrons.